The van der Waals surface area contributed by atoms with E-state index in [0.717, 1.165) is 5.56 Å². The highest BCUT2D eigenvalue weighted by atomic mass is 19.3. The SMILES string of the molecule is Cc1ccc(C2(C)NC(=O)N(CC(=O)NCC(F)(F)CN)C2=O)cc1. The van der Waals surface area contributed by atoms with E-state index < -0.39 is 48.9 Å². The van der Waals surface area contributed by atoms with Gasteiger partial charge in [-0.2, -0.15) is 0 Å². The number of carbonyl (C=O) groups is 3. The molecule has 0 aromatic heterocycles. The summed E-state index contributed by atoms with van der Waals surface area (Å²) in [7, 11) is 0. The number of alkyl halides is 2. The van der Waals surface area contributed by atoms with Crippen molar-refractivity contribution in [3.05, 3.63) is 35.4 Å². The molecule has 25 heavy (non-hydrogen) atoms. The van der Waals surface area contributed by atoms with Crippen molar-refractivity contribution in [2.24, 2.45) is 5.73 Å². The smallest absolute Gasteiger partial charge is 0.325 e. The summed E-state index contributed by atoms with van der Waals surface area (Å²) in [5, 5.41) is 4.52. The zero-order chi connectivity index (χ0) is 18.8. The molecule has 0 radical (unpaired) electrons. The van der Waals surface area contributed by atoms with Crippen molar-refractivity contribution in [2.75, 3.05) is 19.6 Å². The van der Waals surface area contributed by atoms with E-state index in [9.17, 15) is 23.2 Å². The first-order chi connectivity index (χ1) is 11.6. The van der Waals surface area contributed by atoms with Crippen LogP contribution in [0.2, 0.25) is 0 Å². The molecule has 1 fully saturated rings. The maximum Gasteiger partial charge on any atom is 0.325 e. The standard InChI is InChI=1S/C16H20F2N4O3/c1-10-3-5-11(6-4-10)15(2)13(24)22(14(25)21-15)7-12(23)20-9-16(17,18)8-19/h3-6H,7-9,19H2,1-2H3,(H,20,23)(H,21,25). The van der Waals surface area contributed by atoms with Crippen LogP contribution < -0.4 is 16.4 Å². The topological polar surface area (TPSA) is 105 Å². The van der Waals surface area contributed by atoms with Crippen LogP contribution in [0, 0.1) is 6.92 Å². The molecule has 1 atom stereocenters. The molecular weight excluding hydrogens is 334 g/mol. The first kappa shape index (κ1) is 18.8. The van der Waals surface area contributed by atoms with Gasteiger partial charge in [-0.25, -0.2) is 13.6 Å². The summed E-state index contributed by atoms with van der Waals surface area (Å²) in [6.07, 6.45) is 0. The van der Waals surface area contributed by atoms with Crippen molar-refractivity contribution < 1.29 is 23.2 Å². The number of carbonyl (C=O) groups excluding carboxylic acids is 3. The van der Waals surface area contributed by atoms with Crippen molar-refractivity contribution in [3.8, 4) is 0 Å². The molecule has 2 rings (SSSR count). The summed E-state index contributed by atoms with van der Waals surface area (Å²) in [4.78, 5) is 37.2. The van der Waals surface area contributed by atoms with Gasteiger partial charge in [0.15, 0.2) is 0 Å². The predicted octanol–water partition coefficient (Wildman–Crippen LogP) is 0.472. The van der Waals surface area contributed by atoms with Crippen LogP contribution in [0.15, 0.2) is 24.3 Å². The Morgan fingerprint density at radius 2 is 1.92 bits per heavy atom. The van der Waals surface area contributed by atoms with E-state index in [1.54, 1.807) is 24.3 Å². The summed E-state index contributed by atoms with van der Waals surface area (Å²) in [5.74, 6) is -4.74. The van der Waals surface area contributed by atoms with Crippen molar-refractivity contribution >= 4 is 17.8 Å². The molecule has 136 valence electrons. The van der Waals surface area contributed by atoms with Gasteiger partial charge in [0.2, 0.25) is 5.91 Å². The van der Waals surface area contributed by atoms with Crippen LogP contribution in [0.5, 0.6) is 0 Å². The van der Waals surface area contributed by atoms with E-state index in [4.69, 9.17) is 5.73 Å². The number of aryl methyl sites for hydroxylation is 1. The van der Waals surface area contributed by atoms with Gasteiger partial charge in [0.25, 0.3) is 11.8 Å². The fourth-order valence-corrected chi connectivity index (χ4v) is 2.42. The lowest BCUT2D eigenvalue weighted by Gasteiger charge is -2.22. The quantitative estimate of drug-likeness (QED) is 0.646. The molecule has 9 heteroatoms. The van der Waals surface area contributed by atoms with Gasteiger partial charge in [-0.15, -0.1) is 0 Å². The van der Waals surface area contributed by atoms with E-state index in [1.165, 1.54) is 6.92 Å². The number of nitrogens with one attached hydrogen (secondary N) is 2. The Morgan fingerprint density at radius 1 is 1.32 bits per heavy atom. The summed E-state index contributed by atoms with van der Waals surface area (Å²) in [6, 6.07) is 6.25. The Morgan fingerprint density at radius 3 is 2.48 bits per heavy atom. The Bertz CT molecular complexity index is 693. The minimum absolute atomic E-state index is 0.564. The Labute approximate surface area is 143 Å². The molecule has 0 bridgehead atoms. The van der Waals surface area contributed by atoms with Crippen LogP contribution in [0.25, 0.3) is 0 Å². The number of amides is 4. The summed E-state index contributed by atoms with van der Waals surface area (Å²) >= 11 is 0. The molecule has 0 spiro atoms. The molecule has 1 aromatic carbocycles. The van der Waals surface area contributed by atoms with Crippen LogP contribution in [0.3, 0.4) is 0 Å². The minimum atomic E-state index is -3.25. The molecule has 1 unspecified atom stereocenters. The highest BCUT2D eigenvalue weighted by Crippen LogP contribution is 2.28. The van der Waals surface area contributed by atoms with E-state index in [-0.39, 0.29) is 0 Å². The van der Waals surface area contributed by atoms with Gasteiger partial charge >= 0.3 is 6.03 Å². The highest BCUT2D eigenvalue weighted by Gasteiger charge is 2.49. The fourth-order valence-electron chi connectivity index (χ4n) is 2.42. The third-order valence-corrected chi connectivity index (χ3v) is 4.05. The lowest BCUT2D eigenvalue weighted by atomic mass is 9.91. The van der Waals surface area contributed by atoms with Crippen molar-refractivity contribution in [3.63, 3.8) is 0 Å². The normalized spacial score (nSPS) is 20.6. The number of nitrogens with two attached hydrogens (primary N) is 1. The lowest BCUT2D eigenvalue weighted by molar-refractivity contribution is -0.135. The van der Waals surface area contributed by atoms with Gasteiger partial charge in [-0.05, 0) is 19.4 Å². The molecule has 1 aromatic rings. The number of hydrogen-bond donors (Lipinski definition) is 3. The Balaban J connectivity index is 2.08. The van der Waals surface area contributed by atoms with Gasteiger partial charge in [-0.1, -0.05) is 29.8 Å². The molecule has 4 N–H and O–H groups in total. The monoisotopic (exact) mass is 354 g/mol. The molecule has 4 amide bonds. The summed E-state index contributed by atoms with van der Waals surface area (Å²) in [5.41, 5.74) is 5.12. The molecule has 1 heterocycles. The number of halogens is 2. The van der Waals surface area contributed by atoms with Crippen LogP contribution >= 0.6 is 0 Å². The van der Waals surface area contributed by atoms with Crippen molar-refractivity contribution in [1.29, 1.82) is 0 Å². The third kappa shape index (κ3) is 3.93. The van der Waals surface area contributed by atoms with Crippen LogP contribution in [0.4, 0.5) is 13.6 Å². The van der Waals surface area contributed by atoms with Gasteiger partial charge in [-0.3, -0.25) is 14.5 Å². The van der Waals surface area contributed by atoms with Gasteiger partial charge in [0.05, 0.1) is 13.1 Å². The number of benzene rings is 1. The molecular formula is C16H20F2N4O3. The molecule has 1 saturated heterocycles. The number of hydrogen-bond acceptors (Lipinski definition) is 4. The van der Waals surface area contributed by atoms with Crippen LogP contribution in [0.1, 0.15) is 18.1 Å². The molecule has 0 saturated carbocycles. The number of nitrogens with zero attached hydrogens (tertiary/aromatic N) is 1. The van der Waals surface area contributed by atoms with Crippen LogP contribution in [-0.4, -0.2) is 48.3 Å². The van der Waals surface area contributed by atoms with Crippen molar-refractivity contribution in [2.45, 2.75) is 25.3 Å². The fraction of sp³-hybridized carbons (Fsp3) is 0.438. The maximum atomic E-state index is 13.1. The molecule has 1 aliphatic rings. The average Bonchev–Trinajstić information content (AvgIpc) is 2.78. The van der Waals surface area contributed by atoms with E-state index in [1.807, 2.05) is 12.2 Å². The van der Waals surface area contributed by atoms with E-state index >= 15 is 0 Å². The summed E-state index contributed by atoms with van der Waals surface area (Å²) < 4.78 is 26.1. The highest BCUT2D eigenvalue weighted by molar-refractivity contribution is 6.09. The van der Waals surface area contributed by atoms with Crippen molar-refractivity contribution in [1.82, 2.24) is 15.5 Å². The maximum absolute atomic E-state index is 13.1. The zero-order valence-electron chi connectivity index (χ0n) is 13.9. The molecule has 0 aliphatic carbocycles. The average molecular weight is 354 g/mol. The van der Waals surface area contributed by atoms with E-state index in [0.29, 0.717) is 10.5 Å². The third-order valence-electron chi connectivity index (χ3n) is 4.05. The van der Waals surface area contributed by atoms with Crippen LogP contribution in [-0.2, 0) is 15.1 Å². The second-order valence-corrected chi connectivity index (χ2v) is 6.15. The molecule has 7 nitrogen and oxygen atoms in total. The largest absolute Gasteiger partial charge is 0.348 e. The lowest BCUT2D eigenvalue weighted by Crippen LogP contribution is -2.47. The second kappa shape index (κ2) is 6.75. The van der Waals surface area contributed by atoms with Gasteiger partial charge < -0.3 is 16.4 Å². The minimum Gasteiger partial charge on any atom is -0.348 e. The van der Waals surface area contributed by atoms with Gasteiger partial charge in [0.1, 0.15) is 12.1 Å². The zero-order valence-corrected chi connectivity index (χ0v) is 13.9. The number of urea groups is 1. The number of imide groups is 1. The van der Waals surface area contributed by atoms with E-state index in [2.05, 4.69) is 5.32 Å². The first-order valence-electron chi connectivity index (χ1n) is 7.65. The summed E-state index contributed by atoms with van der Waals surface area (Å²) in [6.45, 7) is 0.892. The predicted molar refractivity (Wildman–Crippen MR) is 85.8 cm³/mol. The Kier molecular flexibility index (Phi) is 5.07. The first-order valence-corrected chi connectivity index (χ1v) is 7.65. The second-order valence-electron chi connectivity index (χ2n) is 6.15. The molecule has 1 aliphatic heterocycles. The van der Waals surface area contributed by atoms with Gasteiger partial charge in [0, 0.05) is 0 Å². The Hall–Kier alpha value is -2.55. The number of rotatable bonds is 6.